The van der Waals surface area contributed by atoms with Crippen LogP contribution in [0.25, 0.3) is 0 Å². The van der Waals surface area contributed by atoms with Gasteiger partial charge in [0.1, 0.15) is 6.10 Å². The van der Waals surface area contributed by atoms with Crippen molar-refractivity contribution in [2.45, 2.75) is 52.2 Å². The summed E-state index contributed by atoms with van der Waals surface area (Å²) in [6, 6.07) is 6.07. The number of benzene rings is 1. The van der Waals surface area contributed by atoms with Crippen LogP contribution in [0.2, 0.25) is 0 Å². The zero-order chi connectivity index (χ0) is 14.0. The molecule has 0 aromatic heterocycles. The third-order valence-corrected chi connectivity index (χ3v) is 4.21. The van der Waals surface area contributed by atoms with E-state index >= 15 is 0 Å². The summed E-state index contributed by atoms with van der Waals surface area (Å²) in [5.74, 6) is 1.59. The molecule has 0 amide bonds. The van der Waals surface area contributed by atoms with Gasteiger partial charge in [0, 0.05) is 6.04 Å². The van der Waals surface area contributed by atoms with Gasteiger partial charge in [-0.2, -0.15) is 0 Å². The topological polar surface area (TPSA) is 44.5 Å². The smallest absolute Gasteiger partial charge is 0.161 e. The van der Waals surface area contributed by atoms with E-state index in [1.165, 1.54) is 12.8 Å². The highest BCUT2D eigenvalue weighted by Gasteiger charge is 2.38. The van der Waals surface area contributed by atoms with Crippen LogP contribution in [0.1, 0.15) is 38.7 Å². The lowest BCUT2D eigenvalue weighted by atomic mass is 9.72. The van der Waals surface area contributed by atoms with Crippen LogP contribution in [0.15, 0.2) is 18.2 Å². The summed E-state index contributed by atoms with van der Waals surface area (Å²) in [7, 11) is 1.67. The van der Waals surface area contributed by atoms with Crippen molar-refractivity contribution in [3.05, 3.63) is 23.8 Å². The molecule has 2 rings (SSSR count). The second-order valence-electron chi connectivity index (χ2n) is 6.22. The second kappa shape index (κ2) is 5.41. The van der Waals surface area contributed by atoms with Gasteiger partial charge < -0.3 is 15.2 Å². The minimum atomic E-state index is 0.0623. The molecule has 3 nitrogen and oxygen atoms in total. The fourth-order valence-electron chi connectivity index (χ4n) is 2.78. The summed E-state index contributed by atoms with van der Waals surface area (Å²) in [5, 5.41) is 0. The molecule has 1 aliphatic rings. The van der Waals surface area contributed by atoms with Gasteiger partial charge in [-0.1, -0.05) is 19.9 Å². The molecule has 1 saturated carbocycles. The number of nitrogens with two attached hydrogens (primary N) is 1. The van der Waals surface area contributed by atoms with Crippen molar-refractivity contribution < 1.29 is 9.47 Å². The molecule has 1 fully saturated rings. The van der Waals surface area contributed by atoms with Gasteiger partial charge in [-0.3, -0.25) is 0 Å². The van der Waals surface area contributed by atoms with Gasteiger partial charge in [0.2, 0.25) is 0 Å². The van der Waals surface area contributed by atoms with Crippen LogP contribution in [-0.4, -0.2) is 19.3 Å². The van der Waals surface area contributed by atoms with E-state index < -0.39 is 0 Å². The Morgan fingerprint density at radius 2 is 2.00 bits per heavy atom. The molecule has 1 aromatic carbocycles. The lowest BCUT2D eigenvalue weighted by Crippen LogP contribution is -2.51. The summed E-state index contributed by atoms with van der Waals surface area (Å²) < 4.78 is 11.5. The summed E-state index contributed by atoms with van der Waals surface area (Å²) in [6.45, 7) is 6.49. The van der Waals surface area contributed by atoms with Gasteiger partial charge in [0.05, 0.1) is 7.11 Å². The van der Waals surface area contributed by atoms with Gasteiger partial charge in [-0.15, -0.1) is 0 Å². The lowest BCUT2D eigenvalue weighted by molar-refractivity contribution is 0.0548. The number of rotatable bonds is 3. The quantitative estimate of drug-likeness (QED) is 0.910. The fraction of sp³-hybridized carbons (Fsp3) is 0.625. The largest absolute Gasteiger partial charge is 0.493 e. The predicted molar refractivity (Wildman–Crippen MR) is 77.8 cm³/mol. The molecule has 2 atom stereocenters. The van der Waals surface area contributed by atoms with Gasteiger partial charge in [-0.05, 0) is 49.3 Å². The summed E-state index contributed by atoms with van der Waals surface area (Å²) in [5.41, 5.74) is 7.66. The first kappa shape index (κ1) is 14.2. The minimum absolute atomic E-state index is 0.0623. The van der Waals surface area contributed by atoms with Crippen molar-refractivity contribution in [1.29, 1.82) is 0 Å². The SMILES string of the molecule is COc1cc(C)ccc1OC1CCCC(C)(C)C1N. The van der Waals surface area contributed by atoms with Crippen molar-refractivity contribution in [3.63, 3.8) is 0 Å². The first-order valence-electron chi connectivity index (χ1n) is 7.01. The maximum absolute atomic E-state index is 6.36. The Morgan fingerprint density at radius 1 is 1.26 bits per heavy atom. The van der Waals surface area contributed by atoms with Crippen LogP contribution in [0.4, 0.5) is 0 Å². The Balaban J connectivity index is 2.17. The number of ether oxygens (including phenoxy) is 2. The Morgan fingerprint density at radius 3 is 2.68 bits per heavy atom. The third-order valence-electron chi connectivity index (χ3n) is 4.21. The van der Waals surface area contributed by atoms with E-state index in [-0.39, 0.29) is 17.6 Å². The zero-order valence-electron chi connectivity index (χ0n) is 12.4. The molecule has 106 valence electrons. The minimum Gasteiger partial charge on any atom is -0.493 e. The van der Waals surface area contributed by atoms with Crippen LogP contribution in [0, 0.1) is 12.3 Å². The molecule has 3 heteroatoms. The van der Waals surface area contributed by atoms with E-state index in [4.69, 9.17) is 15.2 Å². The van der Waals surface area contributed by atoms with Crippen LogP contribution in [-0.2, 0) is 0 Å². The molecule has 19 heavy (non-hydrogen) atoms. The van der Waals surface area contributed by atoms with E-state index in [0.29, 0.717) is 0 Å². The number of aryl methyl sites for hydroxylation is 1. The van der Waals surface area contributed by atoms with Crippen LogP contribution in [0.5, 0.6) is 11.5 Å². The molecular formula is C16H25NO2. The van der Waals surface area contributed by atoms with Crippen LogP contribution in [0.3, 0.4) is 0 Å². The molecule has 0 radical (unpaired) electrons. The van der Waals surface area contributed by atoms with Crippen LogP contribution >= 0.6 is 0 Å². The molecule has 1 aliphatic carbocycles. The van der Waals surface area contributed by atoms with E-state index in [1.54, 1.807) is 7.11 Å². The van der Waals surface area contributed by atoms with E-state index in [9.17, 15) is 0 Å². The Bertz CT molecular complexity index is 442. The first-order valence-corrected chi connectivity index (χ1v) is 7.01. The summed E-state index contributed by atoms with van der Waals surface area (Å²) in [4.78, 5) is 0. The summed E-state index contributed by atoms with van der Waals surface area (Å²) in [6.07, 6.45) is 3.42. The third kappa shape index (κ3) is 3.03. The maximum Gasteiger partial charge on any atom is 0.161 e. The van der Waals surface area contributed by atoms with E-state index in [2.05, 4.69) is 13.8 Å². The monoisotopic (exact) mass is 263 g/mol. The first-order chi connectivity index (χ1) is 8.94. The molecule has 1 aromatic rings. The van der Waals surface area contributed by atoms with Crippen molar-refractivity contribution in [1.82, 2.24) is 0 Å². The second-order valence-corrected chi connectivity index (χ2v) is 6.22. The van der Waals surface area contributed by atoms with Crippen molar-refractivity contribution in [2.75, 3.05) is 7.11 Å². The van der Waals surface area contributed by atoms with Gasteiger partial charge in [0.15, 0.2) is 11.5 Å². The Kier molecular flexibility index (Phi) is 4.04. The normalized spacial score (nSPS) is 25.9. The Labute approximate surface area is 116 Å². The highest BCUT2D eigenvalue weighted by molar-refractivity contribution is 5.42. The summed E-state index contributed by atoms with van der Waals surface area (Å²) >= 11 is 0. The highest BCUT2D eigenvalue weighted by atomic mass is 16.5. The van der Waals surface area contributed by atoms with E-state index in [0.717, 1.165) is 23.5 Å². The fourth-order valence-corrected chi connectivity index (χ4v) is 2.78. The van der Waals surface area contributed by atoms with Gasteiger partial charge in [0.25, 0.3) is 0 Å². The molecule has 2 unspecified atom stereocenters. The maximum atomic E-state index is 6.36. The molecule has 0 bridgehead atoms. The number of hydrogen-bond donors (Lipinski definition) is 1. The standard InChI is InChI=1S/C16H25NO2/c1-11-7-8-12(14(10-11)18-4)19-13-6-5-9-16(2,3)15(13)17/h7-8,10,13,15H,5-6,9,17H2,1-4H3. The molecular weight excluding hydrogens is 238 g/mol. The van der Waals surface area contributed by atoms with E-state index in [1.807, 2.05) is 25.1 Å². The van der Waals surface area contributed by atoms with Crippen molar-refractivity contribution in [2.24, 2.45) is 11.1 Å². The van der Waals surface area contributed by atoms with Gasteiger partial charge >= 0.3 is 0 Å². The predicted octanol–water partition coefficient (Wildman–Crippen LogP) is 3.29. The van der Waals surface area contributed by atoms with Crippen molar-refractivity contribution in [3.8, 4) is 11.5 Å². The lowest BCUT2D eigenvalue weighted by Gasteiger charge is -2.41. The molecule has 0 spiro atoms. The van der Waals surface area contributed by atoms with Crippen LogP contribution < -0.4 is 15.2 Å². The average Bonchev–Trinajstić information content (AvgIpc) is 2.37. The molecule has 2 N–H and O–H groups in total. The average molecular weight is 263 g/mol. The highest BCUT2D eigenvalue weighted by Crippen LogP contribution is 2.38. The zero-order valence-corrected chi connectivity index (χ0v) is 12.4. The van der Waals surface area contributed by atoms with Crippen molar-refractivity contribution >= 4 is 0 Å². The number of methoxy groups -OCH3 is 1. The molecule has 0 heterocycles. The van der Waals surface area contributed by atoms with Gasteiger partial charge in [-0.25, -0.2) is 0 Å². The number of hydrogen-bond acceptors (Lipinski definition) is 3. The molecule has 0 aliphatic heterocycles. The molecule has 0 saturated heterocycles. The Hall–Kier alpha value is -1.22.